The normalized spacial score (nSPS) is 22.2. The molecule has 26 heavy (non-hydrogen) atoms. The van der Waals surface area contributed by atoms with Gasteiger partial charge < -0.3 is 10.2 Å². The predicted molar refractivity (Wildman–Crippen MR) is 107 cm³/mol. The molecular formula is C22H23N2OS+. The fraction of sp³-hybridized carbons (Fsp3) is 0.318. The van der Waals surface area contributed by atoms with E-state index in [-0.39, 0.29) is 5.91 Å². The molecule has 1 aliphatic heterocycles. The van der Waals surface area contributed by atoms with E-state index in [4.69, 9.17) is 0 Å². The zero-order valence-corrected chi connectivity index (χ0v) is 15.5. The highest BCUT2D eigenvalue weighted by Crippen LogP contribution is 2.42. The first kappa shape index (κ1) is 16.0. The molecule has 0 radical (unpaired) electrons. The second-order valence-electron chi connectivity index (χ2n) is 7.52. The van der Waals surface area contributed by atoms with Crippen LogP contribution in [-0.2, 0) is 11.2 Å². The maximum absolute atomic E-state index is 12.8. The van der Waals surface area contributed by atoms with E-state index in [1.165, 1.54) is 23.3 Å². The van der Waals surface area contributed by atoms with Crippen LogP contribution in [0, 0.1) is 5.92 Å². The van der Waals surface area contributed by atoms with E-state index in [2.05, 4.69) is 35.0 Å². The Kier molecular flexibility index (Phi) is 4.03. The number of benzene rings is 2. The summed E-state index contributed by atoms with van der Waals surface area (Å²) in [4.78, 5) is 15.8. The molecule has 2 aliphatic rings. The van der Waals surface area contributed by atoms with Crippen molar-refractivity contribution in [1.82, 2.24) is 0 Å². The van der Waals surface area contributed by atoms with Crippen LogP contribution in [0.25, 0.3) is 10.8 Å². The number of fused-ring (bicyclic) bond motifs is 2. The van der Waals surface area contributed by atoms with E-state index in [1.54, 1.807) is 4.88 Å². The fourth-order valence-electron chi connectivity index (χ4n) is 4.43. The van der Waals surface area contributed by atoms with Crippen molar-refractivity contribution in [3.63, 3.8) is 0 Å². The predicted octanol–water partition coefficient (Wildman–Crippen LogP) is 3.43. The number of anilines is 1. The molecule has 5 rings (SSSR count). The van der Waals surface area contributed by atoms with Gasteiger partial charge in [0.25, 0.3) is 5.91 Å². The number of amides is 1. The highest BCUT2D eigenvalue weighted by Gasteiger charge is 2.43. The van der Waals surface area contributed by atoms with Crippen molar-refractivity contribution in [2.75, 3.05) is 18.4 Å². The van der Waals surface area contributed by atoms with Crippen LogP contribution in [0.1, 0.15) is 29.3 Å². The molecule has 1 unspecified atom stereocenters. The Hall–Kier alpha value is -2.17. The number of thiophene rings is 1. The smallest absolute Gasteiger partial charge is 0.279 e. The van der Waals surface area contributed by atoms with E-state index in [9.17, 15) is 4.79 Å². The number of nitrogens with one attached hydrogen (secondary N) is 2. The van der Waals surface area contributed by atoms with Crippen LogP contribution >= 0.6 is 11.3 Å². The number of quaternary nitrogens is 1. The van der Waals surface area contributed by atoms with Crippen molar-refractivity contribution in [3.8, 4) is 0 Å². The third kappa shape index (κ3) is 2.93. The lowest BCUT2D eigenvalue weighted by Crippen LogP contribution is -3.14. The standard InChI is InChI=1S/C22H22N2OS/c25-21(23-19-7-3-5-15-4-1-2-6-17(15)19)14-24-12-10-20-18(11-13-26-20)22(24)16-8-9-16/h1-7,11,13,16,22H,8-10,12,14H2,(H,23,25)/p+1/t22-/m1/s1. The average molecular weight is 364 g/mol. The SMILES string of the molecule is O=C(C[NH+]1CCc2sccc2[C@H]1C1CC1)Nc1cccc2ccccc12. The largest absolute Gasteiger partial charge is 0.321 e. The van der Waals surface area contributed by atoms with Crippen LogP contribution in [0.15, 0.2) is 53.9 Å². The molecule has 3 aromatic rings. The summed E-state index contributed by atoms with van der Waals surface area (Å²) in [5, 5.41) is 7.66. The molecule has 2 atom stereocenters. The van der Waals surface area contributed by atoms with E-state index in [0.29, 0.717) is 12.6 Å². The van der Waals surface area contributed by atoms with Gasteiger partial charge in [0.05, 0.1) is 6.54 Å². The second kappa shape index (κ2) is 6.53. The molecule has 0 saturated heterocycles. The highest BCUT2D eigenvalue weighted by molar-refractivity contribution is 7.10. The molecule has 3 nitrogen and oxygen atoms in total. The van der Waals surface area contributed by atoms with Gasteiger partial charge in [0.1, 0.15) is 6.04 Å². The number of rotatable bonds is 4. The molecule has 1 aromatic heterocycles. The van der Waals surface area contributed by atoms with Crippen molar-refractivity contribution in [1.29, 1.82) is 0 Å². The molecule has 1 aliphatic carbocycles. The van der Waals surface area contributed by atoms with E-state index < -0.39 is 0 Å². The third-order valence-electron chi connectivity index (χ3n) is 5.77. The van der Waals surface area contributed by atoms with Crippen LogP contribution in [0.2, 0.25) is 0 Å². The minimum Gasteiger partial charge on any atom is -0.321 e. The minimum atomic E-state index is 0.126. The molecule has 132 valence electrons. The zero-order valence-electron chi connectivity index (χ0n) is 14.7. The van der Waals surface area contributed by atoms with Gasteiger partial charge in [-0.15, -0.1) is 11.3 Å². The molecular weight excluding hydrogens is 340 g/mol. The van der Waals surface area contributed by atoms with Gasteiger partial charge in [0.15, 0.2) is 6.54 Å². The molecule has 1 fully saturated rings. The lowest BCUT2D eigenvalue weighted by molar-refractivity contribution is -0.928. The first-order valence-electron chi connectivity index (χ1n) is 9.48. The van der Waals surface area contributed by atoms with Crippen LogP contribution in [0.5, 0.6) is 0 Å². The Morgan fingerprint density at radius 2 is 1.96 bits per heavy atom. The molecule has 1 amide bonds. The fourth-order valence-corrected chi connectivity index (χ4v) is 5.36. The Labute approximate surface area is 157 Å². The number of hydrogen-bond acceptors (Lipinski definition) is 2. The lowest BCUT2D eigenvalue weighted by Gasteiger charge is -2.32. The molecule has 2 aromatic carbocycles. The summed E-state index contributed by atoms with van der Waals surface area (Å²) >= 11 is 1.89. The van der Waals surface area contributed by atoms with Gasteiger partial charge in [-0.05, 0) is 35.7 Å². The monoisotopic (exact) mass is 363 g/mol. The molecule has 0 bridgehead atoms. The van der Waals surface area contributed by atoms with Gasteiger partial charge in [-0.2, -0.15) is 0 Å². The van der Waals surface area contributed by atoms with Gasteiger partial charge >= 0.3 is 0 Å². The summed E-state index contributed by atoms with van der Waals surface area (Å²) in [6.45, 7) is 1.62. The molecule has 2 heterocycles. The quantitative estimate of drug-likeness (QED) is 0.732. The van der Waals surface area contributed by atoms with Gasteiger partial charge in [-0.3, -0.25) is 4.79 Å². The molecule has 0 spiro atoms. The van der Waals surface area contributed by atoms with Crippen molar-refractivity contribution < 1.29 is 9.69 Å². The summed E-state index contributed by atoms with van der Waals surface area (Å²) < 4.78 is 0. The Balaban J connectivity index is 1.35. The minimum absolute atomic E-state index is 0.126. The highest BCUT2D eigenvalue weighted by atomic mass is 32.1. The van der Waals surface area contributed by atoms with Crippen molar-refractivity contribution in [3.05, 3.63) is 64.4 Å². The maximum atomic E-state index is 12.8. The summed E-state index contributed by atoms with van der Waals surface area (Å²) in [6.07, 6.45) is 3.73. The van der Waals surface area contributed by atoms with E-state index >= 15 is 0 Å². The summed E-state index contributed by atoms with van der Waals surface area (Å²) in [7, 11) is 0. The Morgan fingerprint density at radius 3 is 2.85 bits per heavy atom. The lowest BCUT2D eigenvalue weighted by atomic mass is 9.96. The number of carbonyl (C=O) groups is 1. The summed E-state index contributed by atoms with van der Waals surface area (Å²) in [6, 6.07) is 17.1. The van der Waals surface area contributed by atoms with Crippen LogP contribution in [0.4, 0.5) is 5.69 Å². The van der Waals surface area contributed by atoms with Crippen LogP contribution < -0.4 is 10.2 Å². The third-order valence-corrected chi connectivity index (χ3v) is 6.77. The van der Waals surface area contributed by atoms with Crippen molar-refractivity contribution in [2.45, 2.75) is 25.3 Å². The summed E-state index contributed by atoms with van der Waals surface area (Å²) in [5.74, 6) is 0.893. The first-order chi connectivity index (χ1) is 12.8. The van der Waals surface area contributed by atoms with Gasteiger partial charge in [0, 0.05) is 33.9 Å². The number of carbonyl (C=O) groups excluding carboxylic acids is 1. The number of hydrogen-bond donors (Lipinski definition) is 2. The molecule has 4 heteroatoms. The van der Waals surface area contributed by atoms with Crippen molar-refractivity contribution >= 4 is 33.7 Å². The van der Waals surface area contributed by atoms with Gasteiger partial charge in [-0.25, -0.2) is 0 Å². The molecule has 2 N–H and O–H groups in total. The van der Waals surface area contributed by atoms with Gasteiger partial charge in [0.2, 0.25) is 0 Å². The van der Waals surface area contributed by atoms with Crippen molar-refractivity contribution in [2.24, 2.45) is 5.92 Å². The van der Waals surface area contributed by atoms with E-state index in [0.717, 1.165) is 35.3 Å². The van der Waals surface area contributed by atoms with Crippen LogP contribution in [0.3, 0.4) is 0 Å². The Bertz CT molecular complexity index is 954. The van der Waals surface area contributed by atoms with Crippen LogP contribution in [-0.4, -0.2) is 19.0 Å². The van der Waals surface area contributed by atoms with E-state index in [1.807, 2.05) is 35.6 Å². The second-order valence-corrected chi connectivity index (χ2v) is 8.52. The van der Waals surface area contributed by atoms with Gasteiger partial charge in [-0.1, -0.05) is 36.4 Å². The average Bonchev–Trinajstić information content (AvgIpc) is 3.38. The Morgan fingerprint density at radius 1 is 1.12 bits per heavy atom. The zero-order chi connectivity index (χ0) is 17.5. The molecule has 1 saturated carbocycles. The first-order valence-corrected chi connectivity index (χ1v) is 10.4. The maximum Gasteiger partial charge on any atom is 0.279 e. The summed E-state index contributed by atoms with van der Waals surface area (Å²) in [5.41, 5.74) is 2.43. The topological polar surface area (TPSA) is 33.5 Å².